The summed E-state index contributed by atoms with van der Waals surface area (Å²) in [7, 11) is 0. The van der Waals surface area contributed by atoms with Gasteiger partial charge in [0.2, 0.25) is 0 Å². The number of hydrogen-bond donors (Lipinski definition) is 2. The Morgan fingerprint density at radius 2 is 2.47 bits per heavy atom. The summed E-state index contributed by atoms with van der Waals surface area (Å²) in [6, 6.07) is 0. The van der Waals surface area contributed by atoms with Crippen LogP contribution in [0.5, 0.6) is 0 Å². The van der Waals surface area contributed by atoms with E-state index in [2.05, 4.69) is 20.9 Å². The van der Waals surface area contributed by atoms with Crippen LogP contribution in [0.2, 0.25) is 0 Å². The van der Waals surface area contributed by atoms with Crippen molar-refractivity contribution < 1.29 is 9.84 Å². The molecular formula is C9H11BrClN3O3. The highest BCUT2D eigenvalue weighted by Crippen LogP contribution is 2.31. The van der Waals surface area contributed by atoms with Gasteiger partial charge in [0.05, 0.1) is 22.6 Å². The van der Waals surface area contributed by atoms with Gasteiger partial charge in [-0.1, -0.05) is 0 Å². The summed E-state index contributed by atoms with van der Waals surface area (Å²) < 4.78 is 7.29. The molecule has 1 saturated heterocycles. The van der Waals surface area contributed by atoms with E-state index in [0.717, 1.165) is 0 Å². The summed E-state index contributed by atoms with van der Waals surface area (Å²) in [5, 5.41) is 8.70. The van der Waals surface area contributed by atoms with Gasteiger partial charge in [0.1, 0.15) is 12.0 Å². The largest absolute Gasteiger partial charge is 0.394 e. The van der Waals surface area contributed by atoms with Gasteiger partial charge in [0, 0.05) is 12.6 Å². The first-order valence-corrected chi connectivity index (χ1v) is 6.20. The standard InChI is InChI=1S/C9H11BrClN3O3/c10-4-2-14(9(16)13-8(4)12)7-1-5(11)6(3-15)17-7/h2,5-7,15H,1,3H2,(H2,12,13,16)/t5?,6-,7-/m1/s1. The molecule has 1 aromatic rings. The molecule has 17 heavy (non-hydrogen) atoms. The second-order valence-corrected chi connectivity index (χ2v) is 5.14. The molecule has 0 bridgehead atoms. The van der Waals surface area contributed by atoms with Gasteiger partial charge in [-0.25, -0.2) is 4.79 Å². The van der Waals surface area contributed by atoms with Crippen molar-refractivity contribution in [3.8, 4) is 0 Å². The van der Waals surface area contributed by atoms with E-state index in [-0.39, 0.29) is 17.8 Å². The van der Waals surface area contributed by atoms with Crippen molar-refractivity contribution in [2.45, 2.75) is 24.1 Å². The molecule has 0 aliphatic carbocycles. The predicted octanol–water partition coefficient (Wildman–Crippen LogP) is 0.475. The predicted molar refractivity (Wildman–Crippen MR) is 65.9 cm³/mol. The van der Waals surface area contributed by atoms with Crippen molar-refractivity contribution in [2.24, 2.45) is 0 Å². The van der Waals surface area contributed by atoms with E-state index in [1.807, 2.05) is 0 Å². The summed E-state index contributed by atoms with van der Waals surface area (Å²) in [5.41, 5.74) is 4.99. The maximum absolute atomic E-state index is 11.6. The molecule has 0 spiro atoms. The van der Waals surface area contributed by atoms with Gasteiger partial charge in [-0.05, 0) is 15.9 Å². The second-order valence-electron chi connectivity index (χ2n) is 3.73. The Morgan fingerprint density at radius 3 is 3.06 bits per heavy atom. The van der Waals surface area contributed by atoms with Crippen molar-refractivity contribution in [1.29, 1.82) is 0 Å². The summed E-state index contributed by atoms with van der Waals surface area (Å²) in [6.07, 6.45) is 0.958. The fourth-order valence-corrected chi connectivity index (χ4v) is 2.29. The molecule has 2 heterocycles. The Kier molecular flexibility index (Phi) is 3.72. The second kappa shape index (κ2) is 4.93. The highest BCUT2D eigenvalue weighted by molar-refractivity contribution is 9.10. The molecule has 3 atom stereocenters. The minimum absolute atomic E-state index is 0.130. The maximum atomic E-state index is 11.6. The number of ether oxygens (including phenoxy) is 1. The quantitative estimate of drug-likeness (QED) is 0.772. The Morgan fingerprint density at radius 1 is 1.76 bits per heavy atom. The Hall–Kier alpha value is -0.630. The fraction of sp³-hybridized carbons (Fsp3) is 0.556. The number of halogens is 2. The molecule has 8 heteroatoms. The Balaban J connectivity index is 2.30. The first-order chi connectivity index (χ1) is 8.02. The molecule has 1 aliphatic rings. The zero-order valence-corrected chi connectivity index (χ0v) is 11.1. The van der Waals surface area contributed by atoms with Gasteiger partial charge >= 0.3 is 5.69 Å². The van der Waals surface area contributed by atoms with E-state index >= 15 is 0 Å². The number of aliphatic hydroxyl groups excluding tert-OH is 1. The monoisotopic (exact) mass is 323 g/mol. The lowest BCUT2D eigenvalue weighted by Crippen LogP contribution is -2.28. The molecule has 0 amide bonds. The summed E-state index contributed by atoms with van der Waals surface area (Å²) >= 11 is 9.18. The van der Waals surface area contributed by atoms with Gasteiger partial charge in [0.15, 0.2) is 0 Å². The minimum Gasteiger partial charge on any atom is -0.394 e. The highest BCUT2D eigenvalue weighted by Gasteiger charge is 2.35. The van der Waals surface area contributed by atoms with E-state index in [1.54, 1.807) is 0 Å². The Bertz CT molecular complexity index is 481. The zero-order valence-electron chi connectivity index (χ0n) is 8.72. The van der Waals surface area contributed by atoms with E-state index in [0.29, 0.717) is 10.9 Å². The van der Waals surface area contributed by atoms with Crippen molar-refractivity contribution in [2.75, 3.05) is 12.3 Å². The molecule has 2 rings (SSSR count). The first kappa shape index (κ1) is 12.8. The molecule has 1 aromatic heterocycles. The number of nitrogens with zero attached hydrogens (tertiary/aromatic N) is 2. The Labute approximate surface area is 110 Å². The van der Waals surface area contributed by atoms with Crippen LogP contribution in [0.3, 0.4) is 0 Å². The average molecular weight is 325 g/mol. The molecule has 1 unspecified atom stereocenters. The SMILES string of the molecule is Nc1nc(=O)n([C@H]2CC(Cl)[C@@H](CO)O2)cc1Br. The van der Waals surface area contributed by atoms with Crippen LogP contribution < -0.4 is 11.4 Å². The van der Waals surface area contributed by atoms with Crippen LogP contribution in [0.1, 0.15) is 12.6 Å². The van der Waals surface area contributed by atoms with Crippen molar-refractivity contribution in [3.63, 3.8) is 0 Å². The normalized spacial score (nSPS) is 28.5. The van der Waals surface area contributed by atoms with E-state index in [1.165, 1.54) is 10.8 Å². The van der Waals surface area contributed by atoms with E-state index in [9.17, 15) is 4.79 Å². The molecule has 6 nitrogen and oxygen atoms in total. The third-order valence-corrected chi connectivity index (χ3v) is 3.66. The van der Waals surface area contributed by atoms with Crippen molar-refractivity contribution in [3.05, 3.63) is 21.2 Å². The topological polar surface area (TPSA) is 90.4 Å². The lowest BCUT2D eigenvalue weighted by molar-refractivity contribution is -0.0240. The fourth-order valence-electron chi connectivity index (χ4n) is 1.69. The molecule has 1 fully saturated rings. The van der Waals surface area contributed by atoms with Crippen LogP contribution in [0, 0.1) is 0 Å². The summed E-state index contributed by atoms with van der Waals surface area (Å²) in [4.78, 5) is 15.3. The molecule has 94 valence electrons. The van der Waals surface area contributed by atoms with Gasteiger partial charge in [-0.2, -0.15) is 4.98 Å². The number of alkyl halides is 1. The lowest BCUT2D eigenvalue weighted by Gasteiger charge is -2.14. The van der Waals surface area contributed by atoms with Gasteiger partial charge < -0.3 is 15.6 Å². The van der Waals surface area contributed by atoms with E-state index in [4.69, 9.17) is 27.2 Å². The summed E-state index contributed by atoms with van der Waals surface area (Å²) in [6.45, 7) is -0.178. The molecule has 3 N–H and O–H groups in total. The average Bonchev–Trinajstić information content (AvgIpc) is 2.65. The van der Waals surface area contributed by atoms with Crippen molar-refractivity contribution in [1.82, 2.24) is 9.55 Å². The van der Waals surface area contributed by atoms with Crippen molar-refractivity contribution >= 4 is 33.3 Å². The zero-order chi connectivity index (χ0) is 12.6. The number of aromatic nitrogens is 2. The summed E-state index contributed by atoms with van der Waals surface area (Å²) in [5.74, 6) is 0.130. The molecule has 0 radical (unpaired) electrons. The highest BCUT2D eigenvalue weighted by atomic mass is 79.9. The molecule has 1 aliphatic heterocycles. The third-order valence-electron chi connectivity index (χ3n) is 2.59. The van der Waals surface area contributed by atoms with Crippen LogP contribution in [-0.2, 0) is 4.74 Å². The number of nitrogens with two attached hydrogens (primary N) is 1. The van der Waals surface area contributed by atoms with Crippen LogP contribution in [0.25, 0.3) is 0 Å². The number of anilines is 1. The van der Waals surface area contributed by atoms with Crippen LogP contribution in [0.15, 0.2) is 15.5 Å². The molecule has 0 saturated carbocycles. The smallest absolute Gasteiger partial charge is 0.351 e. The minimum atomic E-state index is -0.522. The first-order valence-electron chi connectivity index (χ1n) is 4.97. The number of hydrogen-bond acceptors (Lipinski definition) is 5. The van der Waals surface area contributed by atoms with Crippen LogP contribution in [0.4, 0.5) is 5.82 Å². The number of aliphatic hydroxyl groups is 1. The lowest BCUT2D eigenvalue weighted by atomic mass is 10.2. The molecule has 0 aromatic carbocycles. The van der Waals surface area contributed by atoms with Crippen LogP contribution in [-0.4, -0.2) is 32.7 Å². The number of nitrogen functional groups attached to an aromatic ring is 1. The number of rotatable bonds is 2. The molecular weight excluding hydrogens is 313 g/mol. The van der Waals surface area contributed by atoms with Gasteiger partial charge in [-0.15, -0.1) is 11.6 Å². The van der Waals surface area contributed by atoms with Gasteiger partial charge in [0.25, 0.3) is 0 Å². The van der Waals surface area contributed by atoms with Gasteiger partial charge in [-0.3, -0.25) is 4.57 Å². The third kappa shape index (κ3) is 2.47. The van der Waals surface area contributed by atoms with E-state index < -0.39 is 18.0 Å². The maximum Gasteiger partial charge on any atom is 0.351 e. The van der Waals surface area contributed by atoms with Crippen LogP contribution >= 0.6 is 27.5 Å².